The third-order valence-electron chi connectivity index (χ3n) is 4.39. The Balaban J connectivity index is 1.71. The lowest BCUT2D eigenvalue weighted by Gasteiger charge is -2.23. The quantitative estimate of drug-likeness (QED) is 0.682. The molecule has 3 aromatic carbocycles. The minimum atomic E-state index is 0.0842. The zero-order chi connectivity index (χ0) is 18.2. The number of rotatable bonds is 7. The van der Waals surface area contributed by atoms with Gasteiger partial charge in [-0.05, 0) is 29.2 Å². The Morgan fingerprint density at radius 3 is 1.77 bits per heavy atom. The number of carbonyl (C=O) groups excluding carboxylic acids is 1. The van der Waals surface area contributed by atoms with Crippen LogP contribution in [0.3, 0.4) is 0 Å². The van der Waals surface area contributed by atoms with Crippen molar-refractivity contribution in [3.63, 3.8) is 0 Å². The molecule has 3 aromatic rings. The number of amides is 1. The average molecular weight is 345 g/mol. The van der Waals surface area contributed by atoms with Crippen molar-refractivity contribution >= 4 is 5.91 Å². The number of aromatic hydroxyl groups is 1. The summed E-state index contributed by atoms with van der Waals surface area (Å²) in [5, 5.41) is 9.91. The number of nitrogens with zero attached hydrogens (tertiary/aromatic N) is 1. The Kier molecular flexibility index (Phi) is 6.05. The highest BCUT2D eigenvalue weighted by Crippen LogP contribution is 2.19. The van der Waals surface area contributed by atoms with Crippen LogP contribution in [0.5, 0.6) is 5.75 Å². The molecule has 3 rings (SSSR count). The van der Waals surface area contributed by atoms with Gasteiger partial charge in [-0.3, -0.25) is 4.79 Å². The van der Waals surface area contributed by atoms with E-state index in [1.807, 2.05) is 77.7 Å². The van der Waals surface area contributed by atoms with E-state index >= 15 is 0 Å². The average Bonchev–Trinajstić information content (AvgIpc) is 2.68. The molecule has 0 atom stereocenters. The van der Waals surface area contributed by atoms with Crippen LogP contribution in [0.1, 0.15) is 23.1 Å². The van der Waals surface area contributed by atoms with Crippen molar-refractivity contribution in [1.29, 1.82) is 0 Å². The summed E-state index contributed by atoms with van der Waals surface area (Å²) < 4.78 is 0. The van der Waals surface area contributed by atoms with Gasteiger partial charge in [0.05, 0.1) is 0 Å². The van der Waals surface area contributed by atoms with Crippen LogP contribution in [-0.2, 0) is 24.3 Å². The Morgan fingerprint density at radius 2 is 1.23 bits per heavy atom. The van der Waals surface area contributed by atoms with Crippen molar-refractivity contribution in [1.82, 2.24) is 4.90 Å². The van der Waals surface area contributed by atoms with Gasteiger partial charge < -0.3 is 10.0 Å². The summed E-state index contributed by atoms with van der Waals surface area (Å²) in [6.45, 7) is 1.16. The minimum Gasteiger partial charge on any atom is -0.508 e. The summed E-state index contributed by atoms with van der Waals surface area (Å²) in [6, 6.07) is 27.2. The van der Waals surface area contributed by atoms with Crippen LogP contribution in [0, 0.1) is 0 Å². The Morgan fingerprint density at radius 1 is 0.731 bits per heavy atom. The topological polar surface area (TPSA) is 40.5 Å². The molecule has 26 heavy (non-hydrogen) atoms. The summed E-state index contributed by atoms with van der Waals surface area (Å²) in [5.41, 5.74) is 3.03. The highest BCUT2D eigenvalue weighted by atomic mass is 16.3. The van der Waals surface area contributed by atoms with Crippen molar-refractivity contribution in [3.05, 3.63) is 102 Å². The molecular formula is C23H23NO2. The molecule has 0 heterocycles. The zero-order valence-corrected chi connectivity index (χ0v) is 14.7. The third kappa shape index (κ3) is 4.96. The fraction of sp³-hybridized carbons (Fsp3) is 0.174. The van der Waals surface area contributed by atoms with Crippen molar-refractivity contribution in [2.45, 2.75) is 25.9 Å². The van der Waals surface area contributed by atoms with Crippen molar-refractivity contribution in [2.75, 3.05) is 0 Å². The second-order valence-electron chi connectivity index (χ2n) is 6.35. The lowest BCUT2D eigenvalue weighted by atomic mass is 10.1. The van der Waals surface area contributed by atoms with E-state index in [0.717, 1.165) is 16.7 Å². The highest BCUT2D eigenvalue weighted by molar-refractivity contribution is 5.76. The molecule has 132 valence electrons. The first-order chi connectivity index (χ1) is 12.7. The van der Waals surface area contributed by atoms with Gasteiger partial charge in [0.15, 0.2) is 0 Å². The van der Waals surface area contributed by atoms with Gasteiger partial charge in [0.2, 0.25) is 5.91 Å². The SMILES string of the molecule is O=C(CCc1ccccc1O)N(Cc1ccccc1)Cc1ccccc1. The Labute approximate surface area is 154 Å². The molecule has 1 amide bonds. The fourth-order valence-corrected chi connectivity index (χ4v) is 2.96. The van der Waals surface area contributed by atoms with Crippen LogP contribution in [0.2, 0.25) is 0 Å². The predicted molar refractivity (Wildman–Crippen MR) is 104 cm³/mol. The maximum atomic E-state index is 12.9. The Bertz CT molecular complexity index is 790. The third-order valence-corrected chi connectivity index (χ3v) is 4.39. The monoisotopic (exact) mass is 345 g/mol. The number of aryl methyl sites for hydroxylation is 1. The summed E-state index contributed by atoms with van der Waals surface area (Å²) >= 11 is 0. The molecule has 0 aromatic heterocycles. The standard InChI is InChI=1S/C23H23NO2/c25-22-14-8-7-13-21(22)15-16-23(26)24(17-19-9-3-1-4-10-19)18-20-11-5-2-6-12-20/h1-14,25H,15-18H2. The molecule has 0 aliphatic carbocycles. The second-order valence-corrected chi connectivity index (χ2v) is 6.35. The number of carbonyl (C=O) groups is 1. The normalized spacial score (nSPS) is 10.5. The summed E-state index contributed by atoms with van der Waals surface area (Å²) in [4.78, 5) is 14.8. The van der Waals surface area contributed by atoms with Crippen LogP contribution in [-0.4, -0.2) is 15.9 Å². The van der Waals surface area contributed by atoms with Gasteiger partial charge in [-0.25, -0.2) is 0 Å². The second kappa shape index (κ2) is 8.86. The smallest absolute Gasteiger partial charge is 0.223 e. The molecule has 3 heteroatoms. The van der Waals surface area contributed by atoms with E-state index in [1.165, 1.54) is 0 Å². The maximum absolute atomic E-state index is 12.9. The lowest BCUT2D eigenvalue weighted by Crippen LogP contribution is -2.30. The number of hydrogen-bond donors (Lipinski definition) is 1. The molecule has 0 aliphatic rings. The summed E-state index contributed by atoms with van der Waals surface area (Å²) in [7, 11) is 0. The molecule has 0 saturated carbocycles. The van der Waals surface area contributed by atoms with Gasteiger partial charge in [-0.2, -0.15) is 0 Å². The van der Waals surface area contributed by atoms with Crippen LogP contribution in [0.4, 0.5) is 0 Å². The van der Waals surface area contributed by atoms with Crippen molar-refractivity contribution in [3.8, 4) is 5.75 Å². The minimum absolute atomic E-state index is 0.0842. The van der Waals surface area contributed by atoms with Crippen LogP contribution < -0.4 is 0 Å². The molecule has 0 unspecified atom stereocenters. The molecular weight excluding hydrogens is 322 g/mol. The predicted octanol–water partition coefficient (Wildman–Crippen LogP) is 4.55. The maximum Gasteiger partial charge on any atom is 0.223 e. The van der Waals surface area contributed by atoms with Gasteiger partial charge >= 0.3 is 0 Å². The molecule has 0 radical (unpaired) electrons. The van der Waals surface area contributed by atoms with Crippen LogP contribution >= 0.6 is 0 Å². The molecule has 0 bridgehead atoms. The first-order valence-corrected chi connectivity index (χ1v) is 8.85. The van der Waals surface area contributed by atoms with Crippen LogP contribution in [0.15, 0.2) is 84.9 Å². The van der Waals surface area contributed by atoms with E-state index in [-0.39, 0.29) is 11.7 Å². The molecule has 0 fully saturated rings. The largest absolute Gasteiger partial charge is 0.508 e. The Hall–Kier alpha value is -3.07. The summed E-state index contributed by atoms with van der Waals surface area (Å²) in [6.07, 6.45) is 0.906. The number of para-hydroxylation sites is 1. The van der Waals surface area contributed by atoms with Gasteiger partial charge in [0, 0.05) is 19.5 Å². The van der Waals surface area contributed by atoms with E-state index in [0.29, 0.717) is 25.9 Å². The first-order valence-electron chi connectivity index (χ1n) is 8.85. The van der Waals surface area contributed by atoms with Crippen molar-refractivity contribution < 1.29 is 9.90 Å². The number of hydrogen-bond acceptors (Lipinski definition) is 2. The van der Waals surface area contributed by atoms with Gasteiger partial charge in [0.25, 0.3) is 0 Å². The fourth-order valence-electron chi connectivity index (χ4n) is 2.96. The molecule has 0 spiro atoms. The molecule has 3 nitrogen and oxygen atoms in total. The lowest BCUT2D eigenvalue weighted by molar-refractivity contribution is -0.132. The number of phenolic OH excluding ortho intramolecular Hbond substituents is 1. The number of benzene rings is 3. The van der Waals surface area contributed by atoms with E-state index < -0.39 is 0 Å². The summed E-state index contributed by atoms with van der Waals surface area (Å²) in [5.74, 6) is 0.332. The molecule has 0 saturated heterocycles. The van der Waals surface area contributed by atoms with Gasteiger partial charge in [0.1, 0.15) is 5.75 Å². The van der Waals surface area contributed by atoms with E-state index in [4.69, 9.17) is 0 Å². The van der Waals surface area contributed by atoms with E-state index in [1.54, 1.807) is 12.1 Å². The van der Waals surface area contributed by atoms with E-state index in [9.17, 15) is 9.90 Å². The van der Waals surface area contributed by atoms with Crippen molar-refractivity contribution in [2.24, 2.45) is 0 Å². The van der Waals surface area contributed by atoms with Gasteiger partial charge in [-0.15, -0.1) is 0 Å². The zero-order valence-electron chi connectivity index (χ0n) is 14.7. The number of phenols is 1. The molecule has 0 aliphatic heterocycles. The van der Waals surface area contributed by atoms with E-state index in [2.05, 4.69) is 0 Å². The molecule has 1 N–H and O–H groups in total. The highest BCUT2D eigenvalue weighted by Gasteiger charge is 2.15. The van der Waals surface area contributed by atoms with Crippen LogP contribution in [0.25, 0.3) is 0 Å². The van der Waals surface area contributed by atoms with Gasteiger partial charge in [-0.1, -0.05) is 78.9 Å². The first kappa shape index (κ1) is 17.7.